The number of esters is 1. The minimum atomic E-state index is -4.77. The summed E-state index contributed by atoms with van der Waals surface area (Å²) in [6.07, 6.45) is 0.579. The molecule has 4 heterocycles. The van der Waals surface area contributed by atoms with Gasteiger partial charge < -0.3 is 9.47 Å². The number of hydrogen-bond acceptors (Lipinski definition) is 6. The standard InChI is InChI=1S/C25H26ClF3N4O3/c1-35-17-8-4-6-15(12-17)18-13-20(25(27,28)29)33-23(30-18)21(26)22(31-33)24(34)36-14-16-7-5-11-32-10-3-2-9-19(16)32/h4,6,8,12-13,16,19H,2-3,5,7,9-11,14H2,1H3/t16-,19+/m1/s1. The molecule has 0 unspecified atom stereocenters. The first-order chi connectivity index (χ1) is 17.3. The third kappa shape index (κ3) is 4.76. The molecule has 2 saturated heterocycles. The van der Waals surface area contributed by atoms with Crippen LogP contribution in [0.1, 0.15) is 48.3 Å². The molecule has 0 saturated carbocycles. The van der Waals surface area contributed by atoms with Gasteiger partial charge in [0.05, 0.1) is 19.4 Å². The molecule has 3 aromatic rings. The van der Waals surface area contributed by atoms with Gasteiger partial charge in [-0.2, -0.15) is 18.3 Å². The van der Waals surface area contributed by atoms with Gasteiger partial charge in [-0.05, 0) is 57.0 Å². The Bertz CT molecular complexity index is 1280. The molecule has 0 radical (unpaired) electrons. The van der Waals surface area contributed by atoms with Gasteiger partial charge >= 0.3 is 12.1 Å². The predicted molar refractivity (Wildman–Crippen MR) is 127 cm³/mol. The number of methoxy groups -OCH3 is 1. The number of alkyl halides is 3. The van der Waals surface area contributed by atoms with Crippen molar-refractivity contribution in [1.29, 1.82) is 0 Å². The minimum absolute atomic E-state index is 0.0232. The van der Waals surface area contributed by atoms with Crippen LogP contribution in [0.5, 0.6) is 5.75 Å². The third-order valence-electron chi connectivity index (χ3n) is 7.04. The number of benzene rings is 1. The number of fused-ring (bicyclic) bond motifs is 2. The molecule has 5 rings (SSSR count). The van der Waals surface area contributed by atoms with Crippen molar-refractivity contribution in [1.82, 2.24) is 19.5 Å². The lowest BCUT2D eigenvalue weighted by Gasteiger charge is -2.44. The SMILES string of the molecule is COc1cccc(-c2cc(C(F)(F)F)n3nc(C(=O)OC[C@H]4CCCN5CCCC[C@@H]45)c(Cl)c3n2)c1. The first-order valence-corrected chi connectivity index (χ1v) is 12.4. The van der Waals surface area contributed by atoms with Crippen molar-refractivity contribution < 1.29 is 27.4 Å². The summed E-state index contributed by atoms with van der Waals surface area (Å²) in [6, 6.07) is 7.73. The molecule has 0 N–H and O–H groups in total. The van der Waals surface area contributed by atoms with Crippen LogP contribution in [0.3, 0.4) is 0 Å². The fourth-order valence-corrected chi connectivity index (χ4v) is 5.51. The lowest BCUT2D eigenvalue weighted by molar-refractivity contribution is -0.142. The van der Waals surface area contributed by atoms with E-state index in [4.69, 9.17) is 21.1 Å². The van der Waals surface area contributed by atoms with Crippen molar-refractivity contribution in [3.63, 3.8) is 0 Å². The Labute approximate surface area is 211 Å². The molecular weight excluding hydrogens is 497 g/mol. The highest BCUT2D eigenvalue weighted by Gasteiger charge is 2.38. The molecule has 2 aromatic heterocycles. The predicted octanol–water partition coefficient (Wildman–Crippen LogP) is 5.50. The Balaban J connectivity index is 1.46. The van der Waals surface area contributed by atoms with Gasteiger partial charge in [0.15, 0.2) is 17.0 Å². The van der Waals surface area contributed by atoms with Gasteiger partial charge in [-0.15, -0.1) is 0 Å². The van der Waals surface area contributed by atoms with Crippen LogP contribution in [0.2, 0.25) is 5.02 Å². The second-order valence-corrected chi connectivity index (χ2v) is 9.63. The number of carbonyl (C=O) groups is 1. The second-order valence-electron chi connectivity index (χ2n) is 9.25. The summed E-state index contributed by atoms with van der Waals surface area (Å²) in [5.41, 5.74) is -1.33. The molecule has 0 bridgehead atoms. The van der Waals surface area contributed by atoms with Gasteiger partial charge in [-0.25, -0.2) is 14.3 Å². The van der Waals surface area contributed by atoms with Gasteiger partial charge in [-0.3, -0.25) is 4.90 Å². The lowest BCUT2D eigenvalue weighted by atomic mass is 9.84. The lowest BCUT2D eigenvalue weighted by Crippen LogP contribution is -2.49. The molecule has 0 spiro atoms. The van der Waals surface area contributed by atoms with E-state index in [2.05, 4.69) is 15.0 Å². The van der Waals surface area contributed by atoms with Crippen molar-refractivity contribution in [2.45, 2.75) is 44.3 Å². The summed E-state index contributed by atoms with van der Waals surface area (Å²) in [5.74, 6) is -0.206. The summed E-state index contributed by atoms with van der Waals surface area (Å²) in [7, 11) is 1.46. The number of piperidine rings is 2. The van der Waals surface area contributed by atoms with Crippen molar-refractivity contribution in [3.05, 3.63) is 46.7 Å². The van der Waals surface area contributed by atoms with E-state index in [0.29, 0.717) is 21.9 Å². The number of ether oxygens (including phenoxy) is 2. The maximum atomic E-state index is 14.0. The van der Waals surface area contributed by atoms with Crippen molar-refractivity contribution in [3.8, 4) is 17.0 Å². The zero-order valence-corrected chi connectivity index (χ0v) is 20.5. The molecule has 2 atom stereocenters. The van der Waals surface area contributed by atoms with Crippen LogP contribution in [0, 0.1) is 5.92 Å². The molecule has 0 aliphatic carbocycles. The molecule has 1 aromatic carbocycles. The molecule has 0 amide bonds. The number of hydrogen-bond donors (Lipinski definition) is 0. The summed E-state index contributed by atoms with van der Waals surface area (Å²) in [4.78, 5) is 19.7. The average Bonchev–Trinajstić information content (AvgIpc) is 3.22. The topological polar surface area (TPSA) is 69.0 Å². The quantitative estimate of drug-likeness (QED) is 0.412. The number of halogens is 4. The summed E-state index contributed by atoms with van der Waals surface area (Å²) in [5, 5.41) is 3.61. The first kappa shape index (κ1) is 24.8. The van der Waals surface area contributed by atoms with E-state index >= 15 is 0 Å². The van der Waals surface area contributed by atoms with E-state index in [1.165, 1.54) is 13.5 Å². The van der Waals surface area contributed by atoms with E-state index in [1.54, 1.807) is 24.3 Å². The zero-order valence-electron chi connectivity index (χ0n) is 19.7. The van der Waals surface area contributed by atoms with Gasteiger partial charge in [0.25, 0.3) is 0 Å². The van der Waals surface area contributed by atoms with Crippen molar-refractivity contribution in [2.75, 3.05) is 26.8 Å². The molecular formula is C25H26ClF3N4O3. The smallest absolute Gasteiger partial charge is 0.433 e. The molecule has 2 aliphatic heterocycles. The van der Waals surface area contributed by atoms with Crippen LogP contribution in [-0.4, -0.2) is 58.3 Å². The third-order valence-corrected chi connectivity index (χ3v) is 7.39. The normalized spacial score (nSPS) is 20.8. The second kappa shape index (κ2) is 9.89. The Kier molecular flexibility index (Phi) is 6.82. The maximum Gasteiger partial charge on any atom is 0.433 e. The fraction of sp³-hybridized carbons (Fsp3) is 0.480. The number of aromatic nitrogens is 3. The molecule has 2 aliphatic rings. The highest BCUT2D eigenvalue weighted by Crippen LogP contribution is 2.36. The molecule has 7 nitrogen and oxygen atoms in total. The first-order valence-electron chi connectivity index (χ1n) is 12.0. The van der Waals surface area contributed by atoms with E-state index in [1.807, 2.05) is 0 Å². The van der Waals surface area contributed by atoms with Gasteiger partial charge in [0, 0.05) is 17.5 Å². The number of rotatable bonds is 5. The summed E-state index contributed by atoms with van der Waals surface area (Å²) >= 11 is 6.38. The monoisotopic (exact) mass is 522 g/mol. The Morgan fingerprint density at radius 3 is 2.75 bits per heavy atom. The summed E-state index contributed by atoms with van der Waals surface area (Å²) < 4.78 is 53.2. The molecule has 11 heteroatoms. The van der Waals surface area contributed by atoms with Crippen LogP contribution in [0.4, 0.5) is 13.2 Å². The number of carbonyl (C=O) groups excluding carboxylic acids is 1. The van der Waals surface area contributed by atoms with Crippen molar-refractivity contribution in [2.24, 2.45) is 5.92 Å². The van der Waals surface area contributed by atoms with Crippen LogP contribution in [0.15, 0.2) is 30.3 Å². The largest absolute Gasteiger partial charge is 0.497 e. The van der Waals surface area contributed by atoms with Gasteiger partial charge in [-0.1, -0.05) is 30.2 Å². The fourth-order valence-electron chi connectivity index (χ4n) is 5.28. The molecule has 2 fully saturated rings. The van der Waals surface area contributed by atoms with Crippen molar-refractivity contribution >= 4 is 23.2 Å². The van der Waals surface area contributed by atoms with Crippen LogP contribution < -0.4 is 4.74 Å². The van der Waals surface area contributed by atoms with Gasteiger partial charge in [0.2, 0.25) is 0 Å². The van der Waals surface area contributed by atoms with E-state index in [9.17, 15) is 18.0 Å². The van der Waals surface area contributed by atoms with E-state index in [0.717, 1.165) is 44.8 Å². The Morgan fingerprint density at radius 2 is 1.97 bits per heavy atom. The van der Waals surface area contributed by atoms with Crippen LogP contribution >= 0.6 is 11.6 Å². The highest BCUT2D eigenvalue weighted by molar-refractivity contribution is 6.36. The van der Waals surface area contributed by atoms with E-state index < -0.39 is 17.8 Å². The van der Waals surface area contributed by atoms with Crippen LogP contribution in [-0.2, 0) is 10.9 Å². The highest BCUT2D eigenvalue weighted by atomic mass is 35.5. The minimum Gasteiger partial charge on any atom is -0.497 e. The Morgan fingerprint density at radius 1 is 1.17 bits per heavy atom. The van der Waals surface area contributed by atoms with Crippen LogP contribution in [0.25, 0.3) is 16.9 Å². The Hall–Kier alpha value is -2.85. The average molecular weight is 523 g/mol. The number of nitrogens with zero attached hydrogens (tertiary/aromatic N) is 4. The molecule has 192 valence electrons. The maximum absolute atomic E-state index is 14.0. The molecule has 36 heavy (non-hydrogen) atoms. The summed E-state index contributed by atoms with van der Waals surface area (Å²) in [6.45, 7) is 2.28. The van der Waals surface area contributed by atoms with E-state index in [-0.39, 0.29) is 34.6 Å². The zero-order chi connectivity index (χ0) is 25.4. The van der Waals surface area contributed by atoms with Gasteiger partial charge in [0.1, 0.15) is 10.8 Å².